The molecule has 1 aliphatic heterocycles. The molecule has 1 heterocycles. The Bertz CT molecular complexity index is 221. The van der Waals surface area contributed by atoms with E-state index < -0.39 is 0 Å². The van der Waals surface area contributed by atoms with Crippen LogP contribution in [-0.4, -0.2) is 25.3 Å². The zero-order chi connectivity index (χ0) is 10.9. The van der Waals surface area contributed by atoms with Gasteiger partial charge in [0.15, 0.2) is 0 Å². The second-order valence-corrected chi connectivity index (χ2v) is 6.13. The topological polar surface area (TPSA) is 21.3 Å². The Morgan fingerprint density at radius 1 is 1.27 bits per heavy atom. The minimum absolute atomic E-state index is 0.134. The summed E-state index contributed by atoms with van der Waals surface area (Å²) < 4.78 is 6.10. The van der Waals surface area contributed by atoms with E-state index in [1.807, 2.05) is 0 Å². The van der Waals surface area contributed by atoms with Crippen molar-refractivity contribution in [2.75, 3.05) is 13.6 Å². The van der Waals surface area contributed by atoms with E-state index >= 15 is 0 Å². The third-order valence-corrected chi connectivity index (χ3v) is 4.18. The van der Waals surface area contributed by atoms with Gasteiger partial charge in [0.05, 0.1) is 11.7 Å². The minimum atomic E-state index is 0.134. The van der Waals surface area contributed by atoms with E-state index in [9.17, 15) is 0 Å². The van der Waals surface area contributed by atoms with Crippen LogP contribution >= 0.6 is 0 Å². The first-order valence-corrected chi connectivity index (χ1v) is 6.38. The SMILES string of the molecule is CNCC1(CC2CCC(C)(C)O2)CCC1. The maximum absolute atomic E-state index is 6.10. The summed E-state index contributed by atoms with van der Waals surface area (Å²) in [6.45, 7) is 5.62. The molecule has 0 aromatic rings. The van der Waals surface area contributed by atoms with Gasteiger partial charge in [0.1, 0.15) is 0 Å². The lowest BCUT2D eigenvalue weighted by Gasteiger charge is -2.43. The van der Waals surface area contributed by atoms with Gasteiger partial charge in [0.2, 0.25) is 0 Å². The van der Waals surface area contributed by atoms with Crippen LogP contribution in [0, 0.1) is 5.41 Å². The lowest BCUT2D eigenvalue weighted by atomic mass is 9.65. The van der Waals surface area contributed by atoms with Gasteiger partial charge in [0, 0.05) is 6.54 Å². The molecule has 88 valence electrons. The summed E-state index contributed by atoms with van der Waals surface area (Å²) in [6.07, 6.45) is 8.50. The molecule has 2 rings (SSSR count). The molecule has 0 radical (unpaired) electrons. The fraction of sp³-hybridized carbons (Fsp3) is 1.00. The molecule has 2 fully saturated rings. The highest BCUT2D eigenvalue weighted by atomic mass is 16.5. The van der Waals surface area contributed by atoms with E-state index in [2.05, 4.69) is 26.2 Å². The number of rotatable bonds is 4. The van der Waals surface area contributed by atoms with Gasteiger partial charge >= 0.3 is 0 Å². The van der Waals surface area contributed by atoms with Crippen molar-refractivity contribution in [3.8, 4) is 0 Å². The maximum Gasteiger partial charge on any atom is 0.0631 e. The lowest BCUT2D eigenvalue weighted by molar-refractivity contribution is -0.0484. The van der Waals surface area contributed by atoms with Crippen molar-refractivity contribution in [1.82, 2.24) is 5.32 Å². The predicted molar refractivity (Wildman–Crippen MR) is 63.0 cm³/mol. The van der Waals surface area contributed by atoms with Gasteiger partial charge in [-0.1, -0.05) is 6.42 Å². The van der Waals surface area contributed by atoms with Crippen molar-refractivity contribution in [3.05, 3.63) is 0 Å². The molecule has 0 bridgehead atoms. The van der Waals surface area contributed by atoms with Crippen molar-refractivity contribution in [3.63, 3.8) is 0 Å². The smallest absolute Gasteiger partial charge is 0.0631 e. The van der Waals surface area contributed by atoms with E-state index in [0.717, 1.165) is 0 Å². The van der Waals surface area contributed by atoms with Crippen LogP contribution < -0.4 is 5.32 Å². The number of nitrogens with one attached hydrogen (secondary N) is 1. The Hall–Kier alpha value is -0.0800. The van der Waals surface area contributed by atoms with Gasteiger partial charge in [-0.25, -0.2) is 0 Å². The molecule has 0 aromatic heterocycles. The number of ether oxygens (including phenoxy) is 1. The molecule has 2 aliphatic rings. The highest BCUT2D eigenvalue weighted by Crippen LogP contribution is 2.47. The zero-order valence-corrected chi connectivity index (χ0v) is 10.4. The highest BCUT2D eigenvalue weighted by molar-refractivity contribution is 4.94. The molecule has 1 unspecified atom stereocenters. The van der Waals surface area contributed by atoms with Crippen molar-refractivity contribution in [2.45, 2.75) is 64.1 Å². The van der Waals surface area contributed by atoms with Crippen LogP contribution in [0.2, 0.25) is 0 Å². The summed E-state index contributed by atoms with van der Waals surface area (Å²) in [7, 11) is 2.07. The summed E-state index contributed by atoms with van der Waals surface area (Å²) in [5.41, 5.74) is 0.703. The second kappa shape index (κ2) is 4.06. The molecule has 0 spiro atoms. The monoisotopic (exact) mass is 211 g/mol. The first-order chi connectivity index (χ1) is 7.05. The molecule has 2 heteroatoms. The van der Waals surface area contributed by atoms with E-state index in [0.29, 0.717) is 11.5 Å². The second-order valence-electron chi connectivity index (χ2n) is 6.13. The largest absolute Gasteiger partial charge is 0.372 e. The molecular formula is C13H25NO. The van der Waals surface area contributed by atoms with Crippen LogP contribution in [0.3, 0.4) is 0 Å². The molecule has 0 amide bonds. The normalized spacial score (nSPS) is 32.6. The van der Waals surface area contributed by atoms with Gasteiger partial charge in [0.25, 0.3) is 0 Å². The van der Waals surface area contributed by atoms with Crippen molar-refractivity contribution < 1.29 is 4.74 Å². The molecule has 1 atom stereocenters. The Kier molecular flexibility index (Phi) is 3.09. The Morgan fingerprint density at radius 2 is 2.00 bits per heavy atom. The molecule has 15 heavy (non-hydrogen) atoms. The molecule has 1 N–H and O–H groups in total. The van der Waals surface area contributed by atoms with Crippen LogP contribution in [0.1, 0.15) is 52.4 Å². The van der Waals surface area contributed by atoms with Gasteiger partial charge in [-0.05, 0) is 58.4 Å². The van der Waals surface area contributed by atoms with Gasteiger partial charge in [-0.15, -0.1) is 0 Å². The summed E-state index contributed by atoms with van der Waals surface area (Å²) >= 11 is 0. The first-order valence-electron chi connectivity index (χ1n) is 6.38. The fourth-order valence-corrected chi connectivity index (χ4v) is 3.21. The Morgan fingerprint density at radius 3 is 2.40 bits per heavy atom. The molecule has 1 saturated carbocycles. The fourth-order valence-electron chi connectivity index (χ4n) is 3.21. The molecule has 0 aromatic carbocycles. The Balaban J connectivity index is 1.86. The van der Waals surface area contributed by atoms with Crippen molar-refractivity contribution in [1.29, 1.82) is 0 Å². The van der Waals surface area contributed by atoms with Crippen LogP contribution in [0.5, 0.6) is 0 Å². The average molecular weight is 211 g/mol. The van der Waals surface area contributed by atoms with Gasteiger partial charge < -0.3 is 10.1 Å². The molecule has 1 aliphatic carbocycles. The number of hydrogen-bond donors (Lipinski definition) is 1. The molecular weight excluding hydrogens is 186 g/mol. The third-order valence-electron chi connectivity index (χ3n) is 4.18. The molecule has 1 saturated heterocycles. The van der Waals surface area contributed by atoms with E-state index in [4.69, 9.17) is 4.74 Å². The van der Waals surface area contributed by atoms with E-state index in [-0.39, 0.29) is 5.60 Å². The summed E-state index contributed by atoms with van der Waals surface area (Å²) in [5, 5.41) is 3.35. The van der Waals surface area contributed by atoms with E-state index in [1.165, 1.54) is 45.1 Å². The summed E-state index contributed by atoms with van der Waals surface area (Å²) in [6, 6.07) is 0. The lowest BCUT2D eigenvalue weighted by Crippen LogP contribution is -2.41. The van der Waals surface area contributed by atoms with Gasteiger partial charge in [-0.2, -0.15) is 0 Å². The van der Waals surface area contributed by atoms with Crippen LogP contribution in [-0.2, 0) is 4.74 Å². The highest BCUT2D eigenvalue weighted by Gasteiger charge is 2.42. The Labute approximate surface area is 93.8 Å². The summed E-state index contributed by atoms with van der Waals surface area (Å²) in [5.74, 6) is 0. The molecule has 2 nitrogen and oxygen atoms in total. The van der Waals surface area contributed by atoms with Crippen molar-refractivity contribution >= 4 is 0 Å². The maximum atomic E-state index is 6.10. The average Bonchev–Trinajstić information content (AvgIpc) is 2.42. The van der Waals surface area contributed by atoms with Crippen molar-refractivity contribution in [2.24, 2.45) is 5.41 Å². The van der Waals surface area contributed by atoms with Crippen LogP contribution in [0.15, 0.2) is 0 Å². The third kappa shape index (κ3) is 2.54. The van der Waals surface area contributed by atoms with Crippen LogP contribution in [0.4, 0.5) is 0 Å². The van der Waals surface area contributed by atoms with Gasteiger partial charge in [-0.3, -0.25) is 0 Å². The quantitative estimate of drug-likeness (QED) is 0.772. The van der Waals surface area contributed by atoms with Crippen LogP contribution in [0.25, 0.3) is 0 Å². The number of hydrogen-bond acceptors (Lipinski definition) is 2. The predicted octanol–water partition coefficient (Wildman–Crippen LogP) is 2.72. The minimum Gasteiger partial charge on any atom is -0.372 e. The summed E-state index contributed by atoms with van der Waals surface area (Å²) in [4.78, 5) is 0. The first kappa shape index (κ1) is 11.4. The van der Waals surface area contributed by atoms with E-state index in [1.54, 1.807) is 0 Å². The standard InChI is InChI=1S/C13H25NO/c1-12(2)8-5-11(15-12)9-13(10-14-3)6-4-7-13/h11,14H,4-10H2,1-3H3. The zero-order valence-electron chi connectivity index (χ0n) is 10.4.